The zero-order valence-electron chi connectivity index (χ0n) is 9.57. The molecule has 1 fully saturated rings. The van der Waals surface area contributed by atoms with Crippen molar-refractivity contribution in [3.8, 4) is 0 Å². The summed E-state index contributed by atoms with van der Waals surface area (Å²) in [6.45, 7) is 6.98. The van der Waals surface area contributed by atoms with Gasteiger partial charge in [0.2, 0.25) is 0 Å². The third-order valence-corrected chi connectivity index (χ3v) is 2.88. The van der Waals surface area contributed by atoms with Gasteiger partial charge < -0.3 is 4.74 Å². The van der Waals surface area contributed by atoms with Crippen molar-refractivity contribution >= 4 is 0 Å². The predicted octanol–water partition coefficient (Wildman–Crippen LogP) is 1.44. The fraction of sp³-hybridized carbons (Fsp3) is 0.818. The highest BCUT2D eigenvalue weighted by Crippen LogP contribution is 2.15. The first-order chi connectivity index (χ1) is 7.33. The van der Waals surface area contributed by atoms with Gasteiger partial charge in [-0.3, -0.25) is 0 Å². The van der Waals surface area contributed by atoms with Crippen molar-refractivity contribution in [2.45, 2.75) is 39.7 Å². The molecule has 0 aromatic carbocycles. The molecule has 0 radical (unpaired) electrons. The highest BCUT2D eigenvalue weighted by molar-refractivity contribution is 4.93. The van der Waals surface area contributed by atoms with Gasteiger partial charge in [-0.2, -0.15) is 5.10 Å². The monoisotopic (exact) mass is 209 g/mol. The van der Waals surface area contributed by atoms with Crippen LogP contribution in [0.15, 0.2) is 0 Å². The van der Waals surface area contributed by atoms with Crippen LogP contribution in [-0.4, -0.2) is 28.0 Å². The van der Waals surface area contributed by atoms with Gasteiger partial charge in [-0.15, -0.1) is 0 Å². The second-order valence-electron chi connectivity index (χ2n) is 4.06. The summed E-state index contributed by atoms with van der Waals surface area (Å²) in [4.78, 5) is 4.50. The quantitative estimate of drug-likeness (QED) is 0.753. The Balaban J connectivity index is 2.07. The molecule has 2 heterocycles. The van der Waals surface area contributed by atoms with Crippen molar-refractivity contribution in [3.05, 3.63) is 11.6 Å². The summed E-state index contributed by atoms with van der Waals surface area (Å²) >= 11 is 0. The van der Waals surface area contributed by atoms with Gasteiger partial charge in [-0.05, 0) is 6.42 Å². The largest absolute Gasteiger partial charge is 0.381 e. The van der Waals surface area contributed by atoms with E-state index < -0.39 is 0 Å². The number of ether oxygens (including phenoxy) is 1. The van der Waals surface area contributed by atoms with E-state index in [9.17, 15) is 0 Å². The van der Waals surface area contributed by atoms with Crippen LogP contribution < -0.4 is 0 Å². The Morgan fingerprint density at radius 1 is 1.40 bits per heavy atom. The Labute approximate surface area is 90.7 Å². The topological polar surface area (TPSA) is 39.9 Å². The van der Waals surface area contributed by atoms with Gasteiger partial charge in [0.15, 0.2) is 5.82 Å². The highest BCUT2D eigenvalue weighted by atomic mass is 16.5. The minimum absolute atomic E-state index is 0.627. The first kappa shape index (κ1) is 10.6. The zero-order chi connectivity index (χ0) is 10.7. The Morgan fingerprint density at radius 3 is 2.87 bits per heavy atom. The Bertz CT molecular complexity index is 316. The third kappa shape index (κ3) is 2.37. The lowest BCUT2D eigenvalue weighted by molar-refractivity contribution is 0.181. The van der Waals surface area contributed by atoms with Crippen molar-refractivity contribution < 1.29 is 4.74 Å². The van der Waals surface area contributed by atoms with E-state index in [2.05, 4.69) is 28.6 Å². The fourth-order valence-corrected chi connectivity index (χ4v) is 1.96. The van der Waals surface area contributed by atoms with Crippen LogP contribution in [-0.2, 0) is 24.1 Å². The van der Waals surface area contributed by atoms with Crippen LogP contribution in [0, 0.1) is 5.92 Å². The standard InChI is InChI=1S/C11H19N3O/c1-3-10-12-11(4-2)14(13-10)7-9-5-6-15-8-9/h9H,3-8H2,1-2H3/t9-/m1/s1. The number of aromatic nitrogens is 3. The SMILES string of the molecule is CCc1nc(CC)n(C[C@H]2CCOC2)n1. The second-order valence-corrected chi connectivity index (χ2v) is 4.06. The van der Waals surface area contributed by atoms with E-state index in [4.69, 9.17) is 4.74 Å². The first-order valence-electron chi connectivity index (χ1n) is 5.83. The molecular weight excluding hydrogens is 190 g/mol. The van der Waals surface area contributed by atoms with E-state index in [-0.39, 0.29) is 0 Å². The average molecular weight is 209 g/mol. The van der Waals surface area contributed by atoms with Crippen LogP contribution >= 0.6 is 0 Å². The molecule has 1 saturated heterocycles. The summed E-state index contributed by atoms with van der Waals surface area (Å²) in [6, 6.07) is 0. The summed E-state index contributed by atoms with van der Waals surface area (Å²) in [5, 5.41) is 4.51. The molecule has 0 bridgehead atoms. The summed E-state index contributed by atoms with van der Waals surface area (Å²) in [6.07, 6.45) is 3.03. The van der Waals surface area contributed by atoms with Crippen LogP contribution in [0.25, 0.3) is 0 Å². The third-order valence-electron chi connectivity index (χ3n) is 2.88. The maximum atomic E-state index is 5.37. The number of rotatable bonds is 4. The van der Waals surface area contributed by atoms with Crippen LogP contribution in [0.2, 0.25) is 0 Å². The van der Waals surface area contributed by atoms with Crippen LogP contribution in [0.5, 0.6) is 0 Å². The van der Waals surface area contributed by atoms with E-state index >= 15 is 0 Å². The first-order valence-corrected chi connectivity index (χ1v) is 5.83. The molecule has 1 aliphatic heterocycles. The van der Waals surface area contributed by atoms with Gasteiger partial charge in [0, 0.05) is 31.9 Å². The van der Waals surface area contributed by atoms with Gasteiger partial charge in [0.05, 0.1) is 6.61 Å². The van der Waals surface area contributed by atoms with Crippen LogP contribution in [0.3, 0.4) is 0 Å². The lowest BCUT2D eigenvalue weighted by atomic mass is 10.1. The molecular formula is C11H19N3O. The van der Waals surface area contributed by atoms with Gasteiger partial charge in [0.25, 0.3) is 0 Å². The van der Waals surface area contributed by atoms with Crippen molar-refractivity contribution in [3.63, 3.8) is 0 Å². The molecule has 1 aliphatic rings. The molecule has 0 saturated carbocycles. The zero-order valence-corrected chi connectivity index (χ0v) is 9.57. The summed E-state index contributed by atoms with van der Waals surface area (Å²) in [5.41, 5.74) is 0. The van der Waals surface area contributed by atoms with Gasteiger partial charge in [-0.1, -0.05) is 13.8 Å². The molecule has 15 heavy (non-hydrogen) atoms. The summed E-state index contributed by atoms with van der Waals surface area (Å²) in [5.74, 6) is 2.70. The molecule has 2 rings (SSSR count). The van der Waals surface area contributed by atoms with Crippen LogP contribution in [0.1, 0.15) is 31.9 Å². The second kappa shape index (κ2) is 4.75. The number of nitrogens with zero attached hydrogens (tertiary/aromatic N) is 3. The Kier molecular flexibility index (Phi) is 3.36. The van der Waals surface area contributed by atoms with E-state index in [0.717, 1.165) is 50.7 Å². The highest BCUT2D eigenvalue weighted by Gasteiger charge is 2.18. The Hall–Kier alpha value is -0.900. The van der Waals surface area contributed by atoms with Crippen molar-refractivity contribution in [2.24, 2.45) is 5.92 Å². The molecule has 0 amide bonds. The Morgan fingerprint density at radius 2 is 2.27 bits per heavy atom. The van der Waals surface area contributed by atoms with Gasteiger partial charge >= 0.3 is 0 Å². The van der Waals surface area contributed by atoms with Crippen molar-refractivity contribution in [1.29, 1.82) is 0 Å². The van der Waals surface area contributed by atoms with E-state index in [1.165, 1.54) is 0 Å². The molecule has 84 valence electrons. The van der Waals surface area contributed by atoms with Crippen molar-refractivity contribution in [1.82, 2.24) is 14.8 Å². The molecule has 0 aliphatic carbocycles. The molecule has 1 aromatic heterocycles. The van der Waals surface area contributed by atoms with Gasteiger partial charge in [-0.25, -0.2) is 9.67 Å². The van der Waals surface area contributed by atoms with E-state index in [0.29, 0.717) is 5.92 Å². The molecule has 1 aromatic rings. The average Bonchev–Trinajstić information content (AvgIpc) is 2.87. The van der Waals surface area contributed by atoms with E-state index in [1.807, 2.05) is 0 Å². The van der Waals surface area contributed by atoms with Gasteiger partial charge in [0.1, 0.15) is 5.82 Å². The number of hydrogen-bond acceptors (Lipinski definition) is 3. The minimum Gasteiger partial charge on any atom is -0.381 e. The normalized spacial score (nSPS) is 21.1. The molecule has 4 nitrogen and oxygen atoms in total. The molecule has 1 atom stereocenters. The summed E-state index contributed by atoms with van der Waals surface area (Å²) in [7, 11) is 0. The number of hydrogen-bond donors (Lipinski definition) is 0. The molecule has 0 unspecified atom stereocenters. The maximum absolute atomic E-state index is 5.37. The van der Waals surface area contributed by atoms with E-state index in [1.54, 1.807) is 0 Å². The molecule has 4 heteroatoms. The smallest absolute Gasteiger partial charge is 0.150 e. The summed E-state index contributed by atoms with van der Waals surface area (Å²) < 4.78 is 7.44. The van der Waals surface area contributed by atoms with Crippen molar-refractivity contribution in [2.75, 3.05) is 13.2 Å². The lowest BCUT2D eigenvalue weighted by Gasteiger charge is -2.08. The molecule has 0 N–H and O–H groups in total. The lowest BCUT2D eigenvalue weighted by Crippen LogP contribution is -2.14. The van der Waals surface area contributed by atoms with Crippen LogP contribution in [0.4, 0.5) is 0 Å². The fourth-order valence-electron chi connectivity index (χ4n) is 1.96. The minimum atomic E-state index is 0.627. The maximum Gasteiger partial charge on any atom is 0.150 e. The molecule has 0 spiro atoms. The number of aryl methyl sites for hydroxylation is 2. The predicted molar refractivity (Wildman–Crippen MR) is 57.7 cm³/mol.